The molecule has 17 heavy (non-hydrogen) atoms. The van der Waals surface area contributed by atoms with Crippen LogP contribution in [0.5, 0.6) is 0 Å². The third kappa shape index (κ3) is 3.90. The van der Waals surface area contributed by atoms with Gasteiger partial charge in [-0.1, -0.05) is 17.7 Å². The SMILES string of the molecule is Cc1cc(C)c(CCC(=O)N=C(N)N)c(C)c1. The van der Waals surface area contributed by atoms with E-state index in [1.165, 1.54) is 22.3 Å². The second-order valence-corrected chi connectivity index (χ2v) is 4.31. The van der Waals surface area contributed by atoms with Crippen molar-refractivity contribution >= 4 is 11.9 Å². The number of hydrogen-bond donors (Lipinski definition) is 2. The van der Waals surface area contributed by atoms with E-state index in [9.17, 15) is 4.79 Å². The van der Waals surface area contributed by atoms with E-state index in [2.05, 4.69) is 37.9 Å². The fraction of sp³-hybridized carbons (Fsp3) is 0.385. The molecule has 0 bridgehead atoms. The van der Waals surface area contributed by atoms with E-state index in [-0.39, 0.29) is 11.9 Å². The largest absolute Gasteiger partial charge is 0.370 e. The van der Waals surface area contributed by atoms with E-state index in [1.807, 2.05) is 0 Å². The first-order chi connectivity index (χ1) is 7.90. The van der Waals surface area contributed by atoms with Crippen molar-refractivity contribution in [2.24, 2.45) is 16.5 Å². The minimum Gasteiger partial charge on any atom is -0.370 e. The minimum atomic E-state index is -0.274. The van der Waals surface area contributed by atoms with Gasteiger partial charge in [0.05, 0.1) is 0 Å². The lowest BCUT2D eigenvalue weighted by molar-refractivity contribution is -0.117. The first kappa shape index (κ1) is 13.2. The van der Waals surface area contributed by atoms with Gasteiger partial charge in [0.2, 0.25) is 5.91 Å². The van der Waals surface area contributed by atoms with Crippen LogP contribution < -0.4 is 11.5 Å². The van der Waals surface area contributed by atoms with Crippen molar-refractivity contribution in [1.29, 1.82) is 0 Å². The number of rotatable bonds is 3. The topological polar surface area (TPSA) is 81.5 Å². The Morgan fingerprint density at radius 1 is 1.18 bits per heavy atom. The van der Waals surface area contributed by atoms with Gasteiger partial charge in [0, 0.05) is 6.42 Å². The summed E-state index contributed by atoms with van der Waals surface area (Å²) in [5, 5.41) is 0. The Hall–Kier alpha value is -1.84. The Balaban J connectivity index is 2.77. The number of carbonyl (C=O) groups is 1. The molecule has 1 amide bonds. The normalized spacial score (nSPS) is 10.1. The zero-order chi connectivity index (χ0) is 13.0. The van der Waals surface area contributed by atoms with Crippen molar-refractivity contribution in [3.05, 3.63) is 34.4 Å². The van der Waals surface area contributed by atoms with Gasteiger partial charge in [-0.2, -0.15) is 4.99 Å². The summed E-state index contributed by atoms with van der Waals surface area (Å²) in [6.45, 7) is 6.18. The lowest BCUT2D eigenvalue weighted by Crippen LogP contribution is -2.24. The van der Waals surface area contributed by atoms with Gasteiger partial charge in [-0.15, -0.1) is 0 Å². The van der Waals surface area contributed by atoms with Crippen LogP contribution >= 0.6 is 0 Å². The van der Waals surface area contributed by atoms with Gasteiger partial charge in [-0.25, -0.2) is 0 Å². The summed E-state index contributed by atoms with van der Waals surface area (Å²) in [5.74, 6) is -0.447. The average molecular weight is 233 g/mol. The first-order valence-electron chi connectivity index (χ1n) is 5.59. The van der Waals surface area contributed by atoms with Gasteiger partial charge >= 0.3 is 0 Å². The fourth-order valence-corrected chi connectivity index (χ4v) is 2.04. The van der Waals surface area contributed by atoms with Crippen LogP contribution in [0.2, 0.25) is 0 Å². The molecular weight excluding hydrogens is 214 g/mol. The van der Waals surface area contributed by atoms with Gasteiger partial charge in [0.25, 0.3) is 0 Å². The highest BCUT2D eigenvalue weighted by Crippen LogP contribution is 2.18. The Bertz CT molecular complexity index is 437. The summed E-state index contributed by atoms with van der Waals surface area (Å²) in [6, 6.07) is 4.24. The van der Waals surface area contributed by atoms with Gasteiger partial charge in [0.15, 0.2) is 5.96 Å². The van der Waals surface area contributed by atoms with E-state index >= 15 is 0 Å². The molecule has 4 N–H and O–H groups in total. The minimum absolute atomic E-state index is 0.174. The van der Waals surface area contributed by atoms with Gasteiger partial charge in [-0.05, 0) is 43.9 Å². The molecule has 0 saturated carbocycles. The van der Waals surface area contributed by atoms with E-state index in [0.717, 1.165) is 0 Å². The number of nitrogens with two attached hydrogens (primary N) is 2. The Kier molecular flexibility index (Phi) is 4.26. The van der Waals surface area contributed by atoms with Crippen LogP contribution in [-0.2, 0) is 11.2 Å². The molecule has 0 unspecified atom stereocenters. The van der Waals surface area contributed by atoms with Crippen LogP contribution in [-0.4, -0.2) is 11.9 Å². The van der Waals surface area contributed by atoms with Crippen molar-refractivity contribution in [3.8, 4) is 0 Å². The highest BCUT2D eigenvalue weighted by molar-refractivity contribution is 5.91. The summed E-state index contributed by atoms with van der Waals surface area (Å²) in [5.41, 5.74) is 15.2. The molecule has 0 radical (unpaired) electrons. The maximum absolute atomic E-state index is 11.4. The Morgan fingerprint density at radius 2 is 1.71 bits per heavy atom. The van der Waals surface area contributed by atoms with Crippen LogP contribution in [0.3, 0.4) is 0 Å². The predicted molar refractivity (Wildman–Crippen MR) is 69.8 cm³/mol. The predicted octanol–water partition coefficient (Wildman–Crippen LogP) is 1.34. The standard InChI is InChI=1S/C13H19N3O/c1-8-6-9(2)11(10(3)7-8)4-5-12(17)16-13(14)15/h6-7H,4-5H2,1-3H3,(H4,14,15,16,17). The Morgan fingerprint density at radius 3 is 2.18 bits per heavy atom. The maximum atomic E-state index is 11.4. The second kappa shape index (κ2) is 5.48. The smallest absolute Gasteiger partial charge is 0.249 e. The van der Waals surface area contributed by atoms with Crippen LogP contribution in [0.25, 0.3) is 0 Å². The van der Waals surface area contributed by atoms with Crippen molar-refractivity contribution in [1.82, 2.24) is 0 Å². The number of aryl methyl sites for hydroxylation is 3. The number of guanidine groups is 1. The van der Waals surface area contributed by atoms with Crippen LogP contribution in [0.4, 0.5) is 0 Å². The number of aliphatic imine (C=N–C) groups is 1. The van der Waals surface area contributed by atoms with Crippen molar-refractivity contribution in [2.45, 2.75) is 33.6 Å². The molecule has 1 aromatic carbocycles. The molecule has 0 saturated heterocycles. The molecule has 0 heterocycles. The molecule has 0 aliphatic heterocycles. The molecule has 0 aliphatic carbocycles. The molecule has 0 spiro atoms. The van der Waals surface area contributed by atoms with Crippen LogP contribution in [0.15, 0.2) is 17.1 Å². The summed E-state index contributed by atoms with van der Waals surface area (Å²) in [7, 11) is 0. The highest BCUT2D eigenvalue weighted by Gasteiger charge is 2.07. The van der Waals surface area contributed by atoms with Crippen molar-refractivity contribution in [2.75, 3.05) is 0 Å². The quantitative estimate of drug-likeness (QED) is 0.610. The Labute approximate surface area is 102 Å². The molecule has 1 aromatic rings. The van der Waals surface area contributed by atoms with E-state index < -0.39 is 0 Å². The van der Waals surface area contributed by atoms with Gasteiger partial charge in [-0.3, -0.25) is 4.79 Å². The number of nitrogens with zero attached hydrogens (tertiary/aromatic N) is 1. The highest BCUT2D eigenvalue weighted by atomic mass is 16.1. The molecular formula is C13H19N3O. The third-order valence-corrected chi connectivity index (χ3v) is 2.68. The molecule has 0 aliphatic rings. The third-order valence-electron chi connectivity index (χ3n) is 2.68. The zero-order valence-corrected chi connectivity index (χ0v) is 10.6. The monoisotopic (exact) mass is 233 g/mol. The lowest BCUT2D eigenvalue weighted by atomic mass is 9.96. The average Bonchev–Trinajstić information content (AvgIpc) is 2.14. The summed E-state index contributed by atoms with van der Waals surface area (Å²) >= 11 is 0. The van der Waals surface area contributed by atoms with Gasteiger partial charge in [0.1, 0.15) is 0 Å². The molecule has 0 aromatic heterocycles. The summed E-state index contributed by atoms with van der Waals surface area (Å²) in [6.07, 6.45) is 1.01. The van der Waals surface area contributed by atoms with Crippen molar-refractivity contribution in [3.63, 3.8) is 0 Å². The molecule has 0 atom stereocenters. The fourth-order valence-electron chi connectivity index (χ4n) is 2.04. The second-order valence-electron chi connectivity index (χ2n) is 4.31. The molecule has 0 fully saturated rings. The van der Waals surface area contributed by atoms with E-state index in [4.69, 9.17) is 11.5 Å². The lowest BCUT2D eigenvalue weighted by Gasteiger charge is -2.10. The van der Waals surface area contributed by atoms with Crippen molar-refractivity contribution < 1.29 is 4.79 Å². The number of hydrogen-bond acceptors (Lipinski definition) is 1. The summed E-state index contributed by atoms with van der Waals surface area (Å²) < 4.78 is 0. The summed E-state index contributed by atoms with van der Waals surface area (Å²) in [4.78, 5) is 14.9. The first-order valence-corrected chi connectivity index (χ1v) is 5.59. The maximum Gasteiger partial charge on any atom is 0.249 e. The number of benzene rings is 1. The number of carbonyl (C=O) groups excluding carboxylic acids is 1. The molecule has 92 valence electrons. The van der Waals surface area contributed by atoms with Gasteiger partial charge < -0.3 is 11.5 Å². The molecule has 4 heteroatoms. The van der Waals surface area contributed by atoms with Crippen LogP contribution in [0, 0.1) is 20.8 Å². The zero-order valence-electron chi connectivity index (χ0n) is 10.6. The van der Waals surface area contributed by atoms with E-state index in [1.54, 1.807) is 0 Å². The molecule has 4 nitrogen and oxygen atoms in total. The van der Waals surface area contributed by atoms with E-state index in [0.29, 0.717) is 12.8 Å². The molecule has 1 rings (SSSR count). The number of amides is 1. The van der Waals surface area contributed by atoms with Crippen LogP contribution in [0.1, 0.15) is 28.7 Å².